The molecule has 2 aromatic rings. The summed E-state index contributed by atoms with van der Waals surface area (Å²) in [6, 6.07) is 5.36. The van der Waals surface area contributed by atoms with Gasteiger partial charge >= 0.3 is 0 Å². The molecule has 8 heteroatoms. The highest BCUT2D eigenvalue weighted by Gasteiger charge is 2.43. The van der Waals surface area contributed by atoms with Gasteiger partial charge in [-0.05, 0) is 75.5 Å². The number of amides is 1. The van der Waals surface area contributed by atoms with Crippen molar-refractivity contribution in [2.45, 2.75) is 56.4 Å². The normalized spacial score (nSPS) is 22.2. The van der Waals surface area contributed by atoms with Crippen molar-refractivity contribution in [1.29, 1.82) is 0 Å². The lowest BCUT2D eigenvalue weighted by atomic mass is 9.96. The Kier molecular flexibility index (Phi) is 5.15. The third-order valence-corrected chi connectivity index (χ3v) is 8.03. The highest BCUT2D eigenvalue weighted by atomic mass is 32.2. The van der Waals surface area contributed by atoms with Gasteiger partial charge in [0.25, 0.3) is 0 Å². The van der Waals surface area contributed by atoms with Crippen molar-refractivity contribution in [3.8, 4) is 0 Å². The van der Waals surface area contributed by atoms with Crippen LogP contribution >= 0.6 is 0 Å². The summed E-state index contributed by atoms with van der Waals surface area (Å²) < 4.78 is 23.9. The maximum atomic E-state index is 13.0. The summed E-state index contributed by atoms with van der Waals surface area (Å²) in [6.07, 6.45) is 7.99. The number of anilines is 1. The molecule has 0 spiro atoms. The van der Waals surface area contributed by atoms with Crippen LogP contribution in [0.4, 0.5) is 5.95 Å². The number of piperidine rings is 1. The molecule has 1 N–H and O–H groups in total. The van der Waals surface area contributed by atoms with Gasteiger partial charge in [-0.2, -0.15) is 0 Å². The lowest BCUT2D eigenvalue weighted by molar-refractivity contribution is -0.126. The summed E-state index contributed by atoms with van der Waals surface area (Å²) in [4.78, 5) is 24.7. The predicted octanol–water partition coefficient (Wildman–Crippen LogP) is 2.86. The first kappa shape index (κ1) is 20.7. The largest absolute Gasteiger partial charge is 0.353 e. The summed E-state index contributed by atoms with van der Waals surface area (Å²) in [7, 11) is -3.31. The number of fused-ring (bicyclic) bond motifs is 1. The number of carbonyl (C=O) groups is 1. The lowest BCUT2D eigenvalue weighted by Gasteiger charge is -2.33. The Balaban J connectivity index is 1.36. The third-order valence-electron chi connectivity index (χ3n) is 6.92. The van der Waals surface area contributed by atoms with Crippen LogP contribution in [0.3, 0.4) is 0 Å². The molecule has 1 amide bonds. The van der Waals surface area contributed by atoms with E-state index in [0.29, 0.717) is 35.9 Å². The van der Waals surface area contributed by atoms with Crippen molar-refractivity contribution in [3.05, 3.63) is 23.9 Å². The Bertz CT molecular complexity index is 1110. The molecule has 1 aromatic carbocycles. The molecule has 3 fully saturated rings. The Hall–Kier alpha value is -2.22. The highest BCUT2D eigenvalue weighted by Crippen LogP contribution is 2.44. The number of hydrogen-bond donors (Lipinski definition) is 1. The summed E-state index contributed by atoms with van der Waals surface area (Å²) in [5.41, 5.74) is 1.44. The van der Waals surface area contributed by atoms with Crippen molar-refractivity contribution in [2.75, 3.05) is 24.2 Å². The molecule has 2 heterocycles. The minimum absolute atomic E-state index is 0.0595. The molecular formula is C23H30N4O3S. The van der Waals surface area contributed by atoms with Gasteiger partial charge in [0.15, 0.2) is 9.84 Å². The van der Waals surface area contributed by atoms with Crippen LogP contribution in [0.15, 0.2) is 23.1 Å². The van der Waals surface area contributed by atoms with E-state index in [1.165, 1.54) is 31.9 Å². The zero-order valence-corrected chi connectivity index (χ0v) is 19.0. The molecule has 1 aromatic heterocycles. The molecule has 0 bridgehead atoms. The van der Waals surface area contributed by atoms with E-state index >= 15 is 0 Å². The molecule has 1 unspecified atom stereocenters. The molecule has 7 nitrogen and oxygen atoms in total. The van der Waals surface area contributed by atoms with Crippen LogP contribution in [-0.4, -0.2) is 49.7 Å². The number of benzene rings is 1. The van der Waals surface area contributed by atoms with Gasteiger partial charge in [-0.1, -0.05) is 0 Å². The maximum absolute atomic E-state index is 13.0. The Morgan fingerprint density at radius 3 is 2.48 bits per heavy atom. The number of aryl methyl sites for hydroxylation is 1. The number of carbonyl (C=O) groups excluding carboxylic acids is 1. The van der Waals surface area contributed by atoms with Crippen LogP contribution in [0.2, 0.25) is 0 Å². The first-order chi connectivity index (χ1) is 14.8. The van der Waals surface area contributed by atoms with E-state index in [2.05, 4.69) is 20.2 Å². The van der Waals surface area contributed by atoms with Crippen LogP contribution in [0, 0.1) is 24.7 Å². The summed E-state index contributed by atoms with van der Waals surface area (Å²) in [5.74, 6) is 2.06. The van der Waals surface area contributed by atoms with Crippen molar-refractivity contribution in [3.63, 3.8) is 0 Å². The van der Waals surface area contributed by atoms with E-state index in [1.54, 1.807) is 18.2 Å². The van der Waals surface area contributed by atoms with Gasteiger partial charge in [0.1, 0.15) is 0 Å². The zero-order valence-electron chi connectivity index (χ0n) is 18.2. The van der Waals surface area contributed by atoms with Gasteiger partial charge in [-0.25, -0.2) is 18.4 Å². The van der Waals surface area contributed by atoms with Crippen molar-refractivity contribution in [2.24, 2.45) is 17.8 Å². The molecule has 166 valence electrons. The second kappa shape index (κ2) is 7.73. The molecule has 1 atom stereocenters. The van der Waals surface area contributed by atoms with Crippen LogP contribution in [0.5, 0.6) is 0 Å². The topological polar surface area (TPSA) is 92.3 Å². The SMILES string of the molecule is Cc1nc(N2CCCC(C(=O)NC(C3CC3)C3CC3)C2)nc2cc(S(C)(=O)=O)ccc12. The average molecular weight is 443 g/mol. The Morgan fingerprint density at radius 1 is 1.13 bits per heavy atom. The monoisotopic (exact) mass is 442 g/mol. The molecule has 5 rings (SSSR count). The Morgan fingerprint density at radius 2 is 1.84 bits per heavy atom. The standard InChI is InChI=1S/C23H30N4O3S/c1-14-19-10-9-18(31(2,29)30)12-20(19)25-23(24-14)27-11-3-4-17(13-27)22(28)26-21(15-5-6-15)16-7-8-16/h9-10,12,15-17,21H,3-8,11,13H2,1-2H3,(H,26,28). The van der Waals surface area contributed by atoms with Crippen LogP contribution in [0.1, 0.15) is 44.2 Å². The molecule has 1 aliphatic heterocycles. The molecule has 3 aliphatic rings. The predicted molar refractivity (Wildman–Crippen MR) is 120 cm³/mol. The lowest BCUT2D eigenvalue weighted by Crippen LogP contribution is -2.47. The smallest absolute Gasteiger partial charge is 0.226 e. The van der Waals surface area contributed by atoms with Crippen LogP contribution in [0.25, 0.3) is 10.9 Å². The van der Waals surface area contributed by atoms with E-state index in [-0.39, 0.29) is 16.7 Å². The molecule has 1 saturated heterocycles. The summed E-state index contributed by atoms with van der Waals surface area (Å²) >= 11 is 0. The van der Waals surface area contributed by atoms with Gasteiger partial charge < -0.3 is 10.2 Å². The van der Waals surface area contributed by atoms with E-state index in [4.69, 9.17) is 0 Å². The van der Waals surface area contributed by atoms with Crippen molar-refractivity contribution < 1.29 is 13.2 Å². The fourth-order valence-corrected chi connectivity index (χ4v) is 5.45. The maximum Gasteiger partial charge on any atom is 0.226 e. The number of sulfone groups is 1. The molecule has 2 saturated carbocycles. The minimum Gasteiger partial charge on any atom is -0.353 e. The first-order valence-corrected chi connectivity index (χ1v) is 13.2. The zero-order chi connectivity index (χ0) is 21.8. The van der Waals surface area contributed by atoms with Gasteiger partial charge in [-0.3, -0.25) is 4.79 Å². The number of rotatable bonds is 6. The molecule has 0 radical (unpaired) electrons. The number of nitrogens with one attached hydrogen (secondary N) is 1. The van der Waals surface area contributed by atoms with Crippen molar-refractivity contribution >= 4 is 32.6 Å². The summed E-state index contributed by atoms with van der Waals surface area (Å²) in [6.45, 7) is 3.32. The quantitative estimate of drug-likeness (QED) is 0.740. The van der Waals surface area contributed by atoms with E-state index < -0.39 is 9.84 Å². The van der Waals surface area contributed by atoms with Gasteiger partial charge in [0.2, 0.25) is 11.9 Å². The number of nitrogens with zero attached hydrogens (tertiary/aromatic N) is 3. The molecule has 2 aliphatic carbocycles. The van der Waals surface area contributed by atoms with Crippen LogP contribution in [-0.2, 0) is 14.6 Å². The highest BCUT2D eigenvalue weighted by molar-refractivity contribution is 7.90. The van der Waals surface area contributed by atoms with Gasteiger partial charge in [0.05, 0.1) is 22.0 Å². The second-order valence-electron chi connectivity index (χ2n) is 9.55. The van der Waals surface area contributed by atoms with Gasteiger partial charge in [0, 0.05) is 30.8 Å². The minimum atomic E-state index is -3.31. The molecular weight excluding hydrogens is 412 g/mol. The van der Waals surface area contributed by atoms with Gasteiger partial charge in [-0.15, -0.1) is 0 Å². The summed E-state index contributed by atoms with van der Waals surface area (Å²) in [5, 5.41) is 4.22. The fraction of sp³-hybridized carbons (Fsp3) is 0.609. The van der Waals surface area contributed by atoms with Crippen molar-refractivity contribution in [1.82, 2.24) is 15.3 Å². The number of aromatic nitrogens is 2. The van der Waals surface area contributed by atoms with Crippen LogP contribution < -0.4 is 10.2 Å². The van der Waals surface area contributed by atoms with E-state index in [9.17, 15) is 13.2 Å². The van der Waals surface area contributed by atoms with E-state index in [0.717, 1.165) is 30.5 Å². The fourth-order valence-electron chi connectivity index (χ4n) is 4.81. The average Bonchev–Trinajstić information content (AvgIpc) is 3.64. The first-order valence-electron chi connectivity index (χ1n) is 11.3. The number of hydrogen-bond acceptors (Lipinski definition) is 6. The third kappa shape index (κ3) is 4.40. The van der Waals surface area contributed by atoms with E-state index in [1.807, 2.05) is 6.92 Å². The molecule has 31 heavy (non-hydrogen) atoms. The Labute approximate surface area is 183 Å². The second-order valence-corrected chi connectivity index (χ2v) is 11.6.